The molecule has 1 aromatic rings. The maximum atomic E-state index is 10.4. The molecule has 1 heterocycles. The number of aromatic hydroxyl groups is 1. The summed E-state index contributed by atoms with van der Waals surface area (Å²) >= 11 is 0. The molecule has 104 valence electrons. The van der Waals surface area contributed by atoms with Crippen molar-refractivity contribution < 1.29 is 9.84 Å². The van der Waals surface area contributed by atoms with Crippen LogP contribution in [0.2, 0.25) is 0 Å². The van der Waals surface area contributed by atoms with Crippen LogP contribution in [0.4, 0.5) is 0 Å². The van der Waals surface area contributed by atoms with Crippen molar-refractivity contribution in [1.82, 2.24) is 0 Å². The number of fused-ring (bicyclic) bond motifs is 3. The van der Waals surface area contributed by atoms with Crippen LogP contribution in [0.3, 0.4) is 0 Å². The van der Waals surface area contributed by atoms with Gasteiger partial charge in [-0.2, -0.15) is 0 Å². The SMILES string of the molecule is Cc1cc(O)c2c(c1)OC(C)(C)C1CC[C@H](C)CC21. The summed E-state index contributed by atoms with van der Waals surface area (Å²) in [4.78, 5) is 0. The van der Waals surface area contributed by atoms with Crippen molar-refractivity contribution >= 4 is 0 Å². The van der Waals surface area contributed by atoms with E-state index in [0.29, 0.717) is 17.6 Å². The van der Waals surface area contributed by atoms with Gasteiger partial charge in [0.05, 0.1) is 0 Å². The zero-order chi connectivity index (χ0) is 13.8. The Bertz CT molecular complexity index is 504. The molecule has 1 fully saturated rings. The van der Waals surface area contributed by atoms with Crippen LogP contribution < -0.4 is 4.74 Å². The molecule has 0 saturated heterocycles. The van der Waals surface area contributed by atoms with Crippen LogP contribution in [0.25, 0.3) is 0 Å². The van der Waals surface area contributed by atoms with E-state index in [4.69, 9.17) is 4.74 Å². The summed E-state index contributed by atoms with van der Waals surface area (Å²) in [5, 5.41) is 10.4. The largest absolute Gasteiger partial charge is 0.508 e. The number of rotatable bonds is 0. The van der Waals surface area contributed by atoms with Crippen LogP contribution in [0.5, 0.6) is 11.5 Å². The quantitative estimate of drug-likeness (QED) is 0.749. The zero-order valence-electron chi connectivity index (χ0n) is 12.4. The number of benzene rings is 1. The molecular formula is C17H24O2. The summed E-state index contributed by atoms with van der Waals surface area (Å²) in [5.41, 5.74) is 1.99. The van der Waals surface area contributed by atoms with Gasteiger partial charge in [-0.25, -0.2) is 0 Å². The van der Waals surface area contributed by atoms with Gasteiger partial charge in [-0.05, 0) is 63.1 Å². The van der Waals surface area contributed by atoms with E-state index in [-0.39, 0.29) is 5.60 Å². The lowest BCUT2D eigenvalue weighted by Gasteiger charge is -2.48. The lowest BCUT2D eigenvalue weighted by atomic mass is 9.64. The molecule has 0 bridgehead atoms. The van der Waals surface area contributed by atoms with Crippen molar-refractivity contribution in [3.63, 3.8) is 0 Å². The van der Waals surface area contributed by atoms with Gasteiger partial charge in [0.1, 0.15) is 17.1 Å². The Balaban J connectivity index is 2.13. The average molecular weight is 260 g/mol. The summed E-state index contributed by atoms with van der Waals surface area (Å²) in [6, 6.07) is 3.95. The Morgan fingerprint density at radius 3 is 2.74 bits per heavy atom. The summed E-state index contributed by atoms with van der Waals surface area (Å²) in [6.07, 6.45) is 3.64. The van der Waals surface area contributed by atoms with E-state index in [0.717, 1.165) is 22.8 Å². The highest BCUT2D eigenvalue weighted by Gasteiger charge is 2.46. The van der Waals surface area contributed by atoms with Crippen LogP contribution in [-0.2, 0) is 0 Å². The number of hydrogen-bond acceptors (Lipinski definition) is 2. The maximum Gasteiger partial charge on any atom is 0.127 e. The third-order valence-electron chi connectivity index (χ3n) is 5.01. The lowest BCUT2D eigenvalue weighted by Crippen LogP contribution is -2.46. The number of ether oxygens (including phenoxy) is 1. The van der Waals surface area contributed by atoms with Gasteiger partial charge in [0.25, 0.3) is 0 Å². The van der Waals surface area contributed by atoms with Crippen LogP contribution >= 0.6 is 0 Å². The van der Waals surface area contributed by atoms with Gasteiger partial charge in [-0.1, -0.05) is 13.3 Å². The Morgan fingerprint density at radius 1 is 1.26 bits per heavy atom. The Kier molecular flexibility index (Phi) is 2.81. The highest BCUT2D eigenvalue weighted by atomic mass is 16.5. The summed E-state index contributed by atoms with van der Waals surface area (Å²) in [7, 11) is 0. The normalized spacial score (nSPS) is 32.1. The molecule has 2 aliphatic rings. The van der Waals surface area contributed by atoms with E-state index in [9.17, 15) is 5.11 Å². The Labute approximate surface area is 115 Å². The fourth-order valence-corrected chi connectivity index (χ4v) is 4.09. The fraction of sp³-hybridized carbons (Fsp3) is 0.647. The molecule has 0 radical (unpaired) electrons. The Hall–Kier alpha value is -1.18. The molecule has 1 aliphatic heterocycles. The van der Waals surface area contributed by atoms with Crippen molar-refractivity contribution in [3.8, 4) is 11.5 Å². The first kappa shape index (κ1) is 12.8. The van der Waals surface area contributed by atoms with E-state index < -0.39 is 0 Å². The van der Waals surface area contributed by atoms with Crippen LogP contribution in [0.15, 0.2) is 12.1 Å². The van der Waals surface area contributed by atoms with Gasteiger partial charge in [0.2, 0.25) is 0 Å². The fourth-order valence-electron chi connectivity index (χ4n) is 4.09. The summed E-state index contributed by atoms with van der Waals surface area (Å²) in [5.74, 6) is 3.03. The van der Waals surface area contributed by atoms with E-state index in [1.807, 2.05) is 13.0 Å². The molecule has 2 nitrogen and oxygen atoms in total. The van der Waals surface area contributed by atoms with Crippen LogP contribution in [-0.4, -0.2) is 10.7 Å². The van der Waals surface area contributed by atoms with Crippen LogP contribution in [0.1, 0.15) is 57.1 Å². The third kappa shape index (κ3) is 2.01. The second-order valence-electron chi connectivity index (χ2n) is 7.03. The highest BCUT2D eigenvalue weighted by Crippen LogP contribution is 2.55. The molecule has 3 rings (SSSR count). The minimum atomic E-state index is -0.127. The van der Waals surface area contributed by atoms with Crippen molar-refractivity contribution in [1.29, 1.82) is 0 Å². The van der Waals surface area contributed by atoms with Crippen molar-refractivity contribution in [3.05, 3.63) is 23.3 Å². The first-order valence-corrected chi connectivity index (χ1v) is 7.41. The van der Waals surface area contributed by atoms with Crippen molar-refractivity contribution in [2.75, 3.05) is 0 Å². The second-order valence-corrected chi connectivity index (χ2v) is 7.03. The summed E-state index contributed by atoms with van der Waals surface area (Å²) < 4.78 is 6.23. The second kappa shape index (κ2) is 4.16. The summed E-state index contributed by atoms with van der Waals surface area (Å²) in [6.45, 7) is 8.72. The molecule has 0 spiro atoms. The number of hydrogen-bond donors (Lipinski definition) is 1. The number of phenolic OH excluding ortho intramolecular Hbond substituents is 1. The van der Waals surface area contributed by atoms with E-state index >= 15 is 0 Å². The van der Waals surface area contributed by atoms with Crippen LogP contribution in [0, 0.1) is 18.8 Å². The first-order chi connectivity index (χ1) is 8.88. The van der Waals surface area contributed by atoms with Gasteiger partial charge in [0, 0.05) is 11.5 Å². The molecule has 2 heteroatoms. The van der Waals surface area contributed by atoms with Gasteiger partial charge < -0.3 is 9.84 Å². The molecule has 3 atom stereocenters. The Morgan fingerprint density at radius 2 is 2.00 bits per heavy atom. The molecule has 1 saturated carbocycles. The van der Waals surface area contributed by atoms with Gasteiger partial charge in [-0.3, -0.25) is 0 Å². The first-order valence-electron chi connectivity index (χ1n) is 7.41. The van der Waals surface area contributed by atoms with E-state index in [1.54, 1.807) is 0 Å². The van der Waals surface area contributed by atoms with Crippen molar-refractivity contribution in [2.45, 2.75) is 58.5 Å². The average Bonchev–Trinajstić information content (AvgIpc) is 2.25. The molecule has 1 aliphatic carbocycles. The monoisotopic (exact) mass is 260 g/mol. The van der Waals surface area contributed by atoms with Gasteiger partial charge >= 0.3 is 0 Å². The highest BCUT2D eigenvalue weighted by molar-refractivity contribution is 5.51. The number of aryl methyl sites for hydroxylation is 1. The standard InChI is InChI=1S/C17H24O2/c1-10-5-6-13-12(7-10)16-14(18)8-11(2)9-15(16)19-17(13,3)4/h8-10,12-13,18H,5-7H2,1-4H3/t10-,12?,13?/m0/s1. The molecule has 19 heavy (non-hydrogen) atoms. The van der Waals surface area contributed by atoms with E-state index in [2.05, 4.69) is 26.8 Å². The van der Waals surface area contributed by atoms with Gasteiger partial charge in [-0.15, -0.1) is 0 Å². The number of phenols is 1. The minimum absolute atomic E-state index is 0.127. The maximum absolute atomic E-state index is 10.4. The molecule has 2 unspecified atom stereocenters. The molecule has 1 N–H and O–H groups in total. The van der Waals surface area contributed by atoms with Gasteiger partial charge in [0.15, 0.2) is 0 Å². The smallest absolute Gasteiger partial charge is 0.127 e. The zero-order valence-corrected chi connectivity index (χ0v) is 12.4. The van der Waals surface area contributed by atoms with Crippen molar-refractivity contribution in [2.24, 2.45) is 11.8 Å². The molecular weight excluding hydrogens is 236 g/mol. The predicted molar refractivity (Wildman–Crippen MR) is 76.8 cm³/mol. The lowest BCUT2D eigenvalue weighted by molar-refractivity contribution is -0.0145. The third-order valence-corrected chi connectivity index (χ3v) is 5.01. The van der Waals surface area contributed by atoms with E-state index in [1.165, 1.54) is 19.3 Å². The molecule has 0 amide bonds. The topological polar surface area (TPSA) is 29.5 Å². The predicted octanol–water partition coefficient (Wildman–Crippen LogP) is 4.39. The molecule has 1 aromatic carbocycles. The minimum Gasteiger partial charge on any atom is -0.508 e. The molecule has 0 aromatic heterocycles.